The van der Waals surface area contributed by atoms with Gasteiger partial charge < -0.3 is 15.2 Å². The van der Waals surface area contributed by atoms with Crippen LogP contribution in [0.25, 0.3) is 0 Å². The van der Waals surface area contributed by atoms with Crippen molar-refractivity contribution in [3.63, 3.8) is 0 Å². The highest BCUT2D eigenvalue weighted by atomic mass is 16.5. The number of nitrogens with one attached hydrogen (secondary N) is 2. The SMILES string of the molecule is CC(CC(=O)NCCc1ncon1)C1CCCNC1. The first-order valence-corrected chi connectivity index (χ1v) is 6.98. The number of rotatable bonds is 6. The summed E-state index contributed by atoms with van der Waals surface area (Å²) < 4.78 is 4.64. The molecular formula is C13H22N4O2. The fourth-order valence-electron chi connectivity index (χ4n) is 2.51. The van der Waals surface area contributed by atoms with Gasteiger partial charge in [0.05, 0.1) is 0 Å². The maximum atomic E-state index is 11.8. The first-order valence-electron chi connectivity index (χ1n) is 6.98. The molecule has 0 spiro atoms. The molecule has 6 heteroatoms. The van der Waals surface area contributed by atoms with E-state index in [1.807, 2.05) is 0 Å². The van der Waals surface area contributed by atoms with Crippen LogP contribution in [0, 0.1) is 11.8 Å². The Morgan fingerprint density at radius 2 is 2.58 bits per heavy atom. The van der Waals surface area contributed by atoms with Gasteiger partial charge in [-0.25, -0.2) is 0 Å². The minimum atomic E-state index is 0.113. The smallest absolute Gasteiger partial charge is 0.220 e. The largest absolute Gasteiger partial charge is 0.356 e. The van der Waals surface area contributed by atoms with Crippen LogP contribution in [0.3, 0.4) is 0 Å². The third kappa shape index (κ3) is 4.63. The van der Waals surface area contributed by atoms with Gasteiger partial charge in [-0.1, -0.05) is 12.1 Å². The molecule has 19 heavy (non-hydrogen) atoms. The van der Waals surface area contributed by atoms with Gasteiger partial charge in [-0.05, 0) is 37.8 Å². The number of hydrogen-bond acceptors (Lipinski definition) is 5. The van der Waals surface area contributed by atoms with E-state index in [9.17, 15) is 4.79 Å². The molecule has 1 aliphatic heterocycles. The van der Waals surface area contributed by atoms with Gasteiger partial charge in [-0.2, -0.15) is 4.98 Å². The van der Waals surface area contributed by atoms with Crippen LogP contribution in [-0.2, 0) is 11.2 Å². The van der Waals surface area contributed by atoms with Crippen LogP contribution >= 0.6 is 0 Å². The number of nitrogens with zero attached hydrogens (tertiary/aromatic N) is 2. The summed E-state index contributed by atoms with van der Waals surface area (Å²) >= 11 is 0. The predicted octanol–water partition coefficient (Wildman–Crippen LogP) is 0.754. The normalized spacial score (nSPS) is 21.0. The molecule has 1 aromatic rings. The summed E-state index contributed by atoms with van der Waals surface area (Å²) in [7, 11) is 0. The Bertz CT molecular complexity index is 374. The zero-order valence-electron chi connectivity index (χ0n) is 11.4. The summed E-state index contributed by atoms with van der Waals surface area (Å²) in [6.07, 6.45) is 4.95. The van der Waals surface area contributed by atoms with E-state index in [1.165, 1.54) is 19.2 Å². The Hall–Kier alpha value is -1.43. The molecule has 2 heterocycles. The summed E-state index contributed by atoms with van der Waals surface area (Å²) in [5.74, 6) is 1.79. The molecule has 2 atom stereocenters. The van der Waals surface area contributed by atoms with Crippen molar-refractivity contribution in [1.82, 2.24) is 20.8 Å². The fourth-order valence-corrected chi connectivity index (χ4v) is 2.51. The summed E-state index contributed by atoms with van der Waals surface area (Å²) in [5.41, 5.74) is 0. The first-order chi connectivity index (χ1) is 9.25. The van der Waals surface area contributed by atoms with Crippen molar-refractivity contribution >= 4 is 5.91 Å². The quantitative estimate of drug-likeness (QED) is 0.794. The van der Waals surface area contributed by atoms with Crippen LogP contribution in [-0.4, -0.2) is 35.7 Å². The molecule has 1 aliphatic rings. The van der Waals surface area contributed by atoms with Crippen LogP contribution < -0.4 is 10.6 Å². The molecule has 2 unspecified atom stereocenters. The minimum absolute atomic E-state index is 0.113. The van der Waals surface area contributed by atoms with Gasteiger partial charge in [0, 0.05) is 19.4 Å². The molecular weight excluding hydrogens is 244 g/mol. The summed E-state index contributed by atoms with van der Waals surface area (Å²) in [4.78, 5) is 15.7. The number of aromatic nitrogens is 2. The molecule has 0 radical (unpaired) electrons. The van der Waals surface area contributed by atoms with Gasteiger partial charge in [0.2, 0.25) is 12.3 Å². The monoisotopic (exact) mass is 266 g/mol. The van der Waals surface area contributed by atoms with Crippen molar-refractivity contribution in [2.45, 2.75) is 32.6 Å². The molecule has 106 valence electrons. The molecule has 0 saturated carbocycles. The van der Waals surface area contributed by atoms with E-state index < -0.39 is 0 Å². The van der Waals surface area contributed by atoms with Gasteiger partial charge >= 0.3 is 0 Å². The Kier molecular flexibility index (Phi) is 5.32. The van der Waals surface area contributed by atoms with E-state index in [0.717, 1.165) is 13.1 Å². The minimum Gasteiger partial charge on any atom is -0.356 e. The Morgan fingerprint density at radius 3 is 3.26 bits per heavy atom. The summed E-state index contributed by atoms with van der Waals surface area (Å²) in [5, 5.41) is 10.0. The number of carbonyl (C=O) groups excluding carboxylic acids is 1. The van der Waals surface area contributed by atoms with Crippen molar-refractivity contribution in [2.75, 3.05) is 19.6 Å². The number of carbonyl (C=O) groups is 1. The van der Waals surface area contributed by atoms with Gasteiger partial charge in [-0.15, -0.1) is 0 Å². The van der Waals surface area contributed by atoms with Gasteiger partial charge in [0.1, 0.15) is 0 Å². The van der Waals surface area contributed by atoms with E-state index in [2.05, 4.69) is 32.2 Å². The van der Waals surface area contributed by atoms with Crippen molar-refractivity contribution in [1.29, 1.82) is 0 Å². The van der Waals surface area contributed by atoms with Gasteiger partial charge in [0.25, 0.3) is 0 Å². The Morgan fingerprint density at radius 1 is 1.68 bits per heavy atom. The van der Waals surface area contributed by atoms with Crippen molar-refractivity contribution in [3.05, 3.63) is 12.2 Å². The van der Waals surface area contributed by atoms with Gasteiger partial charge in [0.15, 0.2) is 5.82 Å². The van der Waals surface area contributed by atoms with Crippen LogP contribution in [0.15, 0.2) is 10.9 Å². The summed E-state index contributed by atoms with van der Waals surface area (Å²) in [6, 6.07) is 0. The van der Waals surface area contributed by atoms with Crippen LogP contribution in [0.1, 0.15) is 32.0 Å². The molecule has 1 fully saturated rings. The van der Waals surface area contributed by atoms with E-state index in [0.29, 0.717) is 37.0 Å². The zero-order valence-corrected chi connectivity index (χ0v) is 11.4. The van der Waals surface area contributed by atoms with Crippen molar-refractivity contribution in [2.24, 2.45) is 11.8 Å². The molecule has 1 aromatic heterocycles. The second-order valence-electron chi connectivity index (χ2n) is 5.24. The summed E-state index contributed by atoms with van der Waals surface area (Å²) in [6.45, 7) is 4.88. The molecule has 6 nitrogen and oxygen atoms in total. The lowest BCUT2D eigenvalue weighted by molar-refractivity contribution is -0.122. The lowest BCUT2D eigenvalue weighted by Gasteiger charge is -2.27. The van der Waals surface area contributed by atoms with Crippen LogP contribution in [0.2, 0.25) is 0 Å². The zero-order chi connectivity index (χ0) is 13.5. The standard InChI is InChI=1S/C13H22N4O2/c1-10(11-3-2-5-14-8-11)7-13(18)15-6-4-12-16-9-19-17-12/h9-11,14H,2-8H2,1H3,(H,15,18). The van der Waals surface area contributed by atoms with E-state index in [4.69, 9.17) is 0 Å². The molecule has 0 bridgehead atoms. The maximum Gasteiger partial charge on any atom is 0.220 e. The van der Waals surface area contributed by atoms with Crippen molar-refractivity contribution in [3.8, 4) is 0 Å². The van der Waals surface area contributed by atoms with Crippen molar-refractivity contribution < 1.29 is 9.32 Å². The second kappa shape index (κ2) is 7.23. The van der Waals surface area contributed by atoms with Crippen LogP contribution in [0.5, 0.6) is 0 Å². The molecule has 1 amide bonds. The average Bonchev–Trinajstić information content (AvgIpc) is 2.93. The fraction of sp³-hybridized carbons (Fsp3) is 0.769. The third-order valence-corrected chi connectivity index (χ3v) is 3.72. The highest BCUT2D eigenvalue weighted by molar-refractivity contribution is 5.76. The molecule has 2 N–H and O–H groups in total. The third-order valence-electron chi connectivity index (χ3n) is 3.72. The molecule has 1 saturated heterocycles. The predicted molar refractivity (Wildman–Crippen MR) is 70.4 cm³/mol. The molecule has 0 aliphatic carbocycles. The molecule has 0 aromatic carbocycles. The number of amides is 1. The number of piperidine rings is 1. The van der Waals surface area contributed by atoms with E-state index in [-0.39, 0.29) is 5.91 Å². The lowest BCUT2D eigenvalue weighted by atomic mass is 9.85. The lowest BCUT2D eigenvalue weighted by Crippen LogP contribution is -2.36. The topological polar surface area (TPSA) is 80.1 Å². The van der Waals surface area contributed by atoms with E-state index in [1.54, 1.807) is 0 Å². The highest BCUT2D eigenvalue weighted by Gasteiger charge is 2.21. The Labute approximate surface area is 113 Å². The number of hydrogen-bond donors (Lipinski definition) is 2. The van der Waals surface area contributed by atoms with Crippen LogP contribution in [0.4, 0.5) is 0 Å². The maximum absolute atomic E-state index is 11.8. The Balaban J connectivity index is 1.63. The van der Waals surface area contributed by atoms with E-state index >= 15 is 0 Å². The highest BCUT2D eigenvalue weighted by Crippen LogP contribution is 2.22. The first kappa shape index (κ1) is 14.0. The van der Waals surface area contributed by atoms with Gasteiger partial charge in [-0.3, -0.25) is 4.79 Å². The average molecular weight is 266 g/mol. The molecule has 2 rings (SSSR count). The second-order valence-corrected chi connectivity index (χ2v) is 5.24.